The van der Waals surface area contributed by atoms with E-state index in [1.807, 2.05) is 60.7 Å². The molecule has 0 bridgehead atoms. The average molecular weight is 310 g/mol. The van der Waals surface area contributed by atoms with E-state index < -0.39 is 0 Å². The van der Waals surface area contributed by atoms with Crippen molar-refractivity contribution in [3.05, 3.63) is 71.8 Å². The van der Waals surface area contributed by atoms with Crippen molar-refractivity contribution in [2.75, 3.05) is 0 Å². The first-order chi connectivity index (χ1) is 11.1. The Morgan fingerprint density at radius 1 is 0.957 bits per heavy atom. The largest absolute Gasteiger partial charge is 0.461 e. The van der Waals surface area contributed by atoms with E-state index in [1.54, 1.807) is 6.92 Å². The van der Waals surface area contributed by atoms with Crippen LogP contribution in [0.3, 0.4) is 0 Å². The third kappa shape index (κ3) is 6.07. The van der Waals surface area contributed by atoms with Crippen molar-refractivity contribution in [2.45, 2.75) is 38.7 Å². The van der Waals surface area contributed by atoms with Crippen LogP contribution in [0.1, 0.15) is 43.2 Å². The highest BCUT2D eigenvalue weighted by molar-refractivity contribution is 5.76. The summed E-state index contributed by atoms with van der Waals surface area (Å²) in [5, 5.41) is 0. The number of ether oxygens (including phenoxy) is 1. The van der Waals surface area contributed by atoms with E-state index in [0.29, 0.717) is 25.9 Å². The van der Waals surface area contributed by atoms with Crippen molar-refractivity contribution in [3.8, 4) is 0 Å². The van der Waals surface area contributed by atoms with Crippen molar-refractivity contribution >= 4 is 11.8 Å². The fourth-order valence-corrected chi connectivity index (χ4v) is 2.56. The van der Waals surface area contributed by atoms with Gasteiger partial charge in [-0.3, -0.25) is 4.79 Å². The molecule has 0 N–H and O–H groups in total. The lowest BCUT2D eigenvalue weighted by molar-refractivity contribution is -0.145. The molecule has 23 heavy (non-hydrogen) atoms. The SMILES string of the molecule is CC(=O)C[C@H](CCC(=O)OCc1ccccc1)c1ccccc1. The van der Waals surface area contributed by atoms with Gasteiger partial charge >= 0.3 is 5.97 Å². The second kappa shape index (κ2) is 8.89. The highest BCUT2D eigenvalue weighted by Gasteiger charge is 2.16. The van der Waals surface area contributed by atoms with Crippen molar-refractivity contribution in [3.63, 3.8) is 0 Å². The van der Waals surface area contributed by atoms with Crippen LogP contribution in [0.15, 0.2) is 60.7 Å². The van der Waals surface area contributed by atoms with Crippen LogP contribution >= 0.6 is 0 Å². The Morgan fingerprint density at radius 3 is 2.17 bits per heavy atom. The van der Waals surface area contributed by atoms with Crippen molar-refractivity contribution in [1.82, 2.24) is 0 Å². The van der Waals surface area contributed by atoms with Gasteiger partial charge in [-0.05, 0) is 30.4 Å². The molecule has 0 saturated heterocycles. The molecule has 0 unspecified atom stereocenters. The van der Waals surface area contributed by atoms with Crippen LogP contribution in [0.5, 0.6) is 0 Å². The first-order valence-corrected chi connectivity index (χ1v) is 7.89. The van der Waals surface area contributed by atoms with E-state index >= 15 is 0 Å². The Bertz CT molecular complexity index is 620. The van der Waals surface area contributed by atoms with E-state index in [-0.39, 0.29) is 17.7 Å². The molecule has 0 aromatic heterocycles. The van der Waals surface area contributed by atoms with Gasteiger partial charge in [-0.1, -0.05) is 60.7 Å². The summed E-state index contributed by atoms with van der Waals surface area (Å²) in [6.07, 6.45) is 1.40. The minimum atomic E-state index is -0.224. The summed E-state index contributed by atoms with van der Waals surface area (Å²) in [7, 11) is 0. The van der Waals surface area contributed by atoms with Crippen LogP contribution in [-0.2, 0) is 20.9 Å². The predicted molar refractivity (Wildman–Crippen MR) is 90.0 cm³/mol. The zero-order chi connectivity index (χ0) is 16.5. The molecule has 2 rings (SSSR count). The van der Waals surface area contributed by atoms with Gasteiger partial charge in [-0.15, -0.1) is 0 Å². The summed E-state index contributed by atoms with van der Waals surface area (Å²) in [4.78, 5) is 23.4. The lowest BCUT2D eigenvalue weighted by Gasteiger charge is -2.15. The third-order valence-corrected chi connectivity index (χ3v) is 3.74. The molecule has 0 radical (unpaired) electrons. The fraction of sp³-hybridized carbons (Fsp3) is 0.300. The maximum absolute atomic E-state index is 11.9. The standard InChI is InChI=1S/C20H22O3/c1-16(21)14-19(18-10-6-3-7-11-18)12-13-20(22)23-15-17-8-4-2-5-9-17/h2-11,19H,12-15H2,1H3/t19-/m0/s1. The molecule has 1 atom stereocenters. The van der Waals surface area contributed by atoms with Gasteiger partial charge in [-0.2, -0.15) is 0 Å². The van der Waals surface area contributed by atoms with Crippen LogP contribution in [-0.4, -0.2) is 11.8 Å². The number of esters is 1. The molecule has 120 valence electrons. The monoisotopic (exact) mass is 310 g/mol. The molecule has 0 saturated carbocycles. The highest BCUT2D eigenvalue weighted by atomic mass is 16.5. The minimum Gasteiger partial charge on any atom is -0.461 e. The van der Waals surface area contributed by atoms with Gasteiger partial charge in [0.2, 0.25) is 0 Å². The van der Waals surface area contributed by atoms with E-state index in [9.17, 15) is 9.59 Å². The molecule has 3 nitrogen and oxygen atoms in total. The third-order valence-electron chi connectivity index (χ3n) is 3.74. The Labute approximate surface area is 137 Å². The zero-order valence-electron chi connectivity index (χ0n) is 13.4. The first-order valence-electron chi connectivity index (χ1n) is 7.89. The van der Waals surface area contributed by atoms with Gasteiger partial charge in [0.25, 0.3) is 0 Å². The number of carbonyl (C=O) groups is 2. The number of benzene rings is 2. The molecule has 0 fully saturated rings. The normalized spacial score (nSPS) is 11.7. The summed E-state index contributed by atoms with van der Waals surface area (Å²) >= 11 is 0. The lowest BCUT2D eigenvalue weighted by atomic mass is 9.90. The van der Waals surface area contributed by atoms with Crippen molar-refractivity contribution < 1.29 is 14.3 Å². The van der Waals surface area contributed by atoms with Gasteiger partial charge in [0.05, 0.1) is 0 Å². The molecular weight excluding hydrogens is 288 g/mol. The van der Waals surface area contributed by atoms with Crippen LogP contribution < -0.4 is 0 Å². The smallest absolute Gasteiger partial charge is 0.306 e. The average Bonchev–Trinajstić information content (AvgIpc) is 2.58. The topological polar surface area (TPSA) is 43.4 Å². The molecule has 0 aliphatic rings. The maximum Gasteiger partial charge on any atom is 0.306 e. The Hall–Kier alpha value is -2.42. The summed E-state index contributed by atoms with van der Waals surface area (Å²) < 4.78 is 5.30. The van der Waals surface area contributed by atoms with Gasteiger partial charge in [-0.25, -0.2) is 0 Å². The molecule has 3 heteroatoms. The minimum absolute atomic E-state index is 0.0676. The van der Waals surface area contributed by atoms with Gasteiger partial charge in [0.15, 0.2) is 0 Å². The Morgan fingerprint density at radius 2 is 1.57 bits per heavy atom. The predicted octanol–water partition coefficient (Wildman–Crippen LogP) is 4.27. The molecule has 2 aromatic carbocycles. The summed E-state index contributed by atoms with van der Waals surface area (Å²) in [5.74, 6) is -0.0205. The second-order valence-electron chi connectivity index (χ2n) is 5.70. The number of hydrogen-bond acceptors (Lipinski definition) is 3. The van der Waals surface area contributed by atoms with Crippen LogP contribution in [0, 0.1) is 0 Å². The summed E-state index contributed by atoms with van der Waals surface area (Å²) in [6, 6.07) is 19.5. The quantitative estimate of drug-likeness (QED) is 0.684. The van der Waals surface area contributed by atoms with Crippen LogP contribution in [0.4, 0.5) is 0 Å². The lowest BCUT2D eigenvalue weighted by Crippen LogP contribution is -2.10. The zero-order valence-corrected chi connectivity index (χ0v) is 13.4. The van der Waals surface area contributed by atoms with Crippen LogP contribution in [0.25, 0.3) is 0 Å². The molecule has 2 aromatic rings. The molecule has 0 spiro atoms. The van der Waals surface area contributed by atoms with Gasteiger partial charge in [0, 0.05) is 12.8 Å². The number of ketones is 1. The molecular formula is C20H22O3. The maximum atomic E-state index is 11.9. The fourth-order valence-electron chi connectivity index (χ4n) is 2.56. The molecule has 0 heterocycles. The summed E-state index contributed by atoms with van der Waals surface area (Å²) in [6.45, 7) is 1.88. The number of carbonyl (C=O) groups excluding carboxylic acids is 2. The second-order valence-corrected chi connectivity index (χ2v) is 5.70. The van der Waals surface area contributed by atoms with E-state index in [0.717, 1.165) is 11.1 Å². The van der Waals surface area contributed by atoms with Crippen LogP contribution in [0.2, 0.25) is 0 Å². The first kappa shape index (κ1) is 16.9. The molecule has 0 amide bonds. The highest BCUT2D eigenvalue weighted by Crippen LogP contribution is 2.25. The van der Waals surface area contributed by atoms with E-state index in [2.05, 4.69) is 0 Å². The summed E-state index contributed by atoms with van der Waals surface area (Å²) in [5.41, 5.74) is 2.07. The van der Waals surface area contributed by atoms with E-state index in [4.69, 9.17) is 4.74 Å². The number of hydrogen-bond donors (Lipinski definition) is 0. The molecule has 0 aliphatic carbocycles. The van der Waals surface area contributed by atoms with Gasteiger partial charge < -0.3 is 9.53 Å². The molecule has 0 aliphatic heterocycles. The Kier molecular flexibility index (Phi) is 6.55. The van der Waals surface area contributed by atoms with E-state index in [1.165, 1.54) is 0 Å². The van der Waals surface area contributed by atoms with Gasteiger partial charge in [0.1, 0.15) is 12.4 Å². The number of Topliss-reactive ketones (excluding diaryl/α,β-unsaturated/α-hetero) is 1. The number of rotatable bonds is 8. The van der Waals surface area contributed by atoms with Crippen molar-refractivity contribution in [2.24, 2.45) is 0 Å². The van der Waals surface area contributed by atoms with Crippen molar-refractivity contribution in [1.29, 1.82) is 0 Å². The Balaban J connectivity index is 1.85.